The number of hydrogen-bond acceptors (Lipinski definition) is 6. The van der Waals surface area contributed by atoms with Crippen molar-refractivity contribution >= 4 is 28.8 Å². The van der Waals surface area contributed by atoms with Gasteiger partial charge in [0.25, 0.3) is 0 Å². The third-order valence-corrected chi connectivity index (χ3v) is 4.52. The molecule has 12 heteroatoms. The molecule has 1 aliphatic heterocycles. The molecule has 9 nitrogen and oxygen atoms in total. The molecule has 1 aliphatic rings. The predicted molar refractivity (Wildman–Crippen MR) is 101 cm³/mol. The maximum Gasteiger partial charge on any atom is 0.409 e. The summed E-state index contributed by atoms with van der Waals surface area (Å²) in [6.07, 6.45) is -4.34. The highest BCUT2D eigenvalue weighted by molar-refractivity contribution is 5.92. The lowest BCUT2D eigenvalue weighted by Crippen LogP contribution is -2.37. The first-order valence-electron chi connectivity index (χ1n) is 9.03. The van der Waals surface area contributed by atoms with Gasteiger partial charge in [-0.15, -0.1) is 0 Å². The lowest BCUT2D eigenvalue weighted by molar-refractivity contribution is -0.141. The summed E-state index contributed by atoms with van der Waals surface area (Å²) >= 11 is 0. The summed E-state index contributed by atoms with van der Waals surface area (Å²) < 4.78 is 45.1. The SMILES string of the molecule is O=C(O)Nc1ccc(-c2nc(N3CCOCC3)nc3c2cnn3CC(F)(F)F)cc1. The van der Waals surface area contributed by atoms with Crippen LogP contribution in [0.25, 0.3) is 22.3 Å². The number of aromatic nitrogens is 4. The molecule has 0 spiro atoms. The molecule has 30 heavy (non-hydrogen) atoms. The van der Waals surface area contributed by atoms with Crippen LogP contribution in [0.1, 0.15) is 0 Å². The zero-order valence-electron chi connectivity index (χ0n) is 15.6. The first-order valence-corrected chi connectivity index (χ1v) is 9.03. The van der Waals surface area contributed by atoms with Gasteiger partial charge in [0.15, 0.2) is 5.65 Å². The molecule has 0 aliphatic carbocycles. The van der Waals surface area contributed by atoms with Crippen LogP contribution in [0.4, 0.5) is 29.6 Å². The zero-order valence-corrected chi connectivity index (χ0v) is 15.6. The molecular formula is C18H17F3N6O3. The number of amides is 1. The minimum Gasteiger partial charge on any atom is -0.465 e. The van der Waals surface area contributed by atoms with E-state index >= 15 is 0 Å². The van der Waals surface area contributed by atoms with Gasteiger partial charge in [-0.05, 0) is 12.1 Å². The van der Waals surface area contributed by atoms with Crippen molar-refractivity contribution in [3.8, 4) is 11.3 Å². The first kappa shape index (κ1) is 19.9. The number of ether oxygens (including phenoxy) is 1. The van der Waals surface area contributed by atoms with Crippen molar-refractivity contribution in [3.63, 3.8) is 0 Å². The normalized spacial score (nSPS) is 14.8. The van der Waals surface area contributed by atoms with Crippen LogP contribution in [0.2, 0.25) is 0 Å². The van der Waals surface area contributed by atoms with E-state index in [1.54, 1.807) is 24.3 Å². The third-order valence-electron chi connectivity index (χ3n) is 4.52. The summed E-state index contributed by atoms with van der Waals surface area (Å²) in [6.45, 7) is 0.693. The van der Waals surface area contributed by atoms with Crippen molar-refractivity contribution in [3.05, 3.63) is 30.5 Å². The molecule has 158 valence electrons. The van der Waals surface area contributed by atoms with Gasteiger partial charge in [0.2, 0.25) is 5.95 Å². The van der Waals surface area contributed by atoms with Gasteiger partial charge in [-0.3, -0.25) is 5.32 Å². The highest BCUT2D eigenvalue weighted by Crippen LogP contribution is 2.30. The minimum absolute atomic E-state index is 0.0755. The second-order valence-electron chi connectivity index (χ2n) is 6.63. The van der Waals surface area contributed by atoms with Crippen molar-refractivity contribution in [2.45, 2.75) is 12.7 Å². The molecule has 3 aromatic rings. The number of carbonyl (C=O) groups is 1. The Bertz CT molecular complexity index is 1060. The van der Waals surface area contributed by atoms with E-state index in [9.17, 15) is 18.0 Å². The molecule has 2 N–H and O–H groups in total. The summed E-state index contributed by atoms with van der Waals surface area (Å²) in [4.78, 5) is 21.6. The monoisotopic (exact) mass is 422 g/mol. The first-order chi connectivity index (χ1) is 14.3. The van der Waals surface area contributed by atoms with E-state index in [1.165, 1.54) is 6.20 Å². The maximum absolute atomic E-state index is 13.0. The van der Waals surface area contributed by atoms with Gasteiger partial charge in [-0.2, -0.15) is 23.3 Å². The summed E-state index contributed by atoms with van der Waals surface area (Å²) in [6, 6.07) is 6.37. The fraction of sp³-hybridized carbons (Fsp3) is 0.333. The predicted octanol–water partition coefficient (Wildman–Crippen LogP) is 2.98. The number of benzene rings is 1. The van der Waals surface area contributed by atoms with Crippen molar-refractivity contribution < 1.29 is 27.8 Å². The molecular weight excluding hydrogens is 405 g/mol. The Balaban J connectivity index is 1.81. The van der Waals surface area contributed by atoms with E-state index in [1.807, 2.05) is 4.90 Å². The topological polar surface area (TPSA) is 105 Å². The van der Waals surface area contributed by atoms with Crippen molar-refractivity contribution in [1.29, 1.82) is 0 Å². The van der Waals surface area contributed by atoms with Gasteiger partial charge in [0.05, 0.1) is 30.5 Å². The van der Waals surface area contributed by atoms with Crippen LogP contribution in [0.3, 0.4) is 0 Å². The lowest BCUT2D eigenvalue weighted by Gasteiger charge is -2.27. The number of hydrogen-bond donors (Lipinski definition) is 2. The van der Waals surface area contributed by atoms with Gasteiger partial charge in [0, 0.05) is 24.3 Å². The molecule has 0 bridgehead atoms. The van der Waals surface area contributed by atoms with Crippen molar-refractivity contribution in [2.24, 2.45) is 0 Å². The van der Waals surface area contributed by atoms with Crippen LogP contribution >= 0.6 is 0 Å². The Morgan fingerprint density at radius 2 is 1.87 bits per heavy atom. The second kappa shape index (κ2) is 7.78. The Morgan fingerprint density at radius 3 is 2.50 bits per heavy atom. The molecule has 1 amide bonds. The number of nitrogens with one attached hydrogen (secondary N) is 1. The standard InChI is InChI=1S/C18H17F3N6O3/c19-18(20,21)10-27-15-13(9-22-27)14(11-1-3-12(4-2-11)23-17(28)29)24-16(25-15)26-5-7-30-8-6-26/h1-4,9,23H,5-8,10H2,(H,28,29). The van der Waals surface area contributed by atoms with E-state index in [-0.39, 0.29) is 11.6 Å². The highest BCUT2D eigenvalue weighted by Gasteiger charge is 2.30. The molecule has 0 radical (unpaired) electrons. The molecule has 0 unspecified atom stereocenters. The number of alkyl halides is 3. The quantitative estimate of drug-likeness (QED) is 0.666. The Labute approximate surface area is 168 Å². The number of rotatable bonds is 4. The number of morpholine rings is 1. The maximum atomic E-state index is 13.0. The number of fused-ring (bicyclic) bond motifs is 1. The molecule has 0 saturated carbocycles. The van der Waals surface area contributed by atoms with Gasteiger partial charge in [-0.1, -0.05) is 12.1 Å². The molecule has 0 atom stereocenters. The van der Waals surface area contributed by atoms with Crippen LogP contribution in [0.5, 0.6) is 0 Å². The highest BCUT2D eigenvalue weighted by atomic mass is 19.4. The van der Waals surface area contributed by atoms with E-state index < -0.39 is 18.8 Å². The number of anilines is 2. The van der Waals surface area contributed by atoms with E-state index in [2.05, 4.69) is 20.4 Å². The number of nitrogens with zero attached hydrogens (tertiary/aromatic N) is 5. The average Bonchev–Trinajstić information content (AvgIpc) is 3.09. The van der Waals surface area contributed by atoms with E-state index in [0.717, 1.165) is 4.68 Å². The van der Waals surface area contributed by atoms with Gasteiger partial charge < -0.3 is 14.7 Å². The number of carboxylic acid groups (broad SMARTS) is 1. The molecule has 4 rings (SSSR count). The summed E-state index contributed by atoms with van der Waals surface area (Å²) in [5.74, 6) is 0.289. The fourth-order valence-corrected chi connectivity index (χ4v) is 3.19. The van der Waals surface area contributed by atoms with Crippen LogP contribution in [0, 0.1) is 0 Å². The largest absolute Gasteiger partial charge is 0.465 e. The second-order valence-corrected chi connectivity index (χ2v) is 6.63. The zero-order chi connectivity index (χ0) is 21.3. The summed E-state index contributed by atoms with van der Waals surface area (Å²) in [5, 5.41) is 15.3. The van der Waals surface area contributed by atoms with Crippen LogP contribution in [0.15, 0.2) is 30.5 Å². The average molecular weight is 422 g/mol. The van der Waals surface area contributed by atoms with Crippen molar-refractivity contribution in [2.75, 3.05) is 36.5 Å². The Hall–Kier alpha value is -3.41. The van der Waals surface area contributed by atoms with E-state index in [4.69, 9.17) is 9.84 Å². The fourth-order valence-electron chi connectivity index (χ4n) is 3.19. The van der Waals surface area contributed by atoms with Gasteiger partial charge in [-0.25, -0.2) is 14.5 Å². The smallest absolute Gasteiger partial charge is 0.409 e. The van der Waals surface area contributed by atoms with Crippen LogP contribution in [-0.2, 0) is 11.3 Å². The molecule has 1 aromatic carbocycles. The van der Waals surface area contributed by atoms with Gasteiger partial charge in [0.1, 0.15) is 6.54 Å². The summed E-state index contributed by atoms with van der Waals surface area (Å²) in [5.41, 5.74) is 1.44. The molecule has 3 heterocycles. The van der Waals surface area contributed by atoms with Gasteiger partial charge >= 0.3 is 12.3 Å². The third kappa shape index (κ3) is 4.27. The Kier molecular flexibility index (Phi) is 5.16. The van der Waals surface area contributed by atoms with Crippen molar-refractivity contribution in [1.82, 2.24) is 19.7 Å². The van der Waals surface area contributed by atoms with Crippen LogP contribution < -0.4 is 10.2 Å². The Morgan fingerprint density at radius 1 is 1.17 bits per heavy atom. The van der Waals surface area contributed by atoms with Crippen LogP contribution in [-0.4, -0.2) is 63.4 Å². The molecule has 1 fully saturated rings. The summed E-state index contributed by atoms with van der Waals surface area (Å²) in [7, 11) is 0. The molecule has 2 aromatic heterocycles. The lowest BCUT2D eigenvalue weighted by atomic mass is 10.1. The minimum atomic E-state index is -4.45. The molecule has 1 saturated heterocycles. The number of halogens is 3. The van der Waals surface area contributed by atoms with E-state index in [0.29, 0.717) is 48.6 Å².